The first-order valence-corrected chi connectivity index (χ1v) is 8.53. The number of rotatable bonds is 5. The molecule has 0 aliphatic rings. The first kappa shape index (κ1) is 17.9. The molecule has 2 aromatic heterocycles. The molecule has 134 valence electrons. The number of amides is 1. The van der Waals surface area contributed by atoms with Crippen molar-refractivity contribution in [2.75, 3.05) is 7.05 Å². The van der Waals surface area contributed by atoms with Gasteiger partial charge in [-0.05, 0) is 49.5 Å². The normalized spacial score (nSPS) is 12.1. The van der Waals surface area contributed by atoms with Crippen molar-refractivity contribution < 1.29 is 9.21 Å². The van der Waals surface area contributed by atoms with E-state index in [0.29, 0.717) is 33.5 Å². The molecule has 0 spiro atoms. The van der Waals surface area contributed by atoms with Gasteiger partial charge >= 0.3 is 0 Å². The number of aromatic amines is 1. The maximum Gasteiger partial charge on any atom is 0.262 e. The lowest BCUT2D eigenvalue weighted by atomic mass is 10.1. The highest BCUT2D eigenvalue weighted by molar-refractivity contribution is 7.71. The lowest BCUT2D eigenvalue weighted by Crippen LogP contribution is -2.29. The molecule has 1 N–H and O–H groups in total. The van der Waals surface area contributed by atoms with Gasteiger partial charge in [-0.3, -0.25) is 14.2 Å². The van der Waals surface area contributed by atoms with E-state index in [1.807, 2.05) is 13.0 Å². The summed E-state index contributed by atoms with van der Waals surface area (Å²) in [5.41, 5.74) is 0.787. The molecule has 3 aromatic rings. The van der Waals surface area contributed by atoms with Crippen LogP contribution in [0.15, 0.2) is 58.5 Å². The van der Waals surface area contributed by atoms with E-state index >= 15 is 0 Å². The van der Waals surface area contributed by atoms with E-state index in [2.05, 4.69) is 11.6 Å². The number of nitrogens with one attached hydrogen (secondary N) is 1. The van der Waals surface area contributed by atoms with Gasteiger partial charge in [0.25, 0.3) is 11.5 Å². The molecule has 0 radical (unpaired) electrons. The Morgan fingerprint density at radius 2 is 2.23 bits per heavy atom. The molecule has 6 nitrogen and oxygen atoms in total. The average Bonchev–Trinajstić information content (AvgIpc) is 3.17. The lowest BCUT2D eigenvalue weighted by Gasteiger charge is -2.23. The number of nitrogens with zero attached hydrogens (tertiary/aromatic N) is 2. The summed E-state index contributed by atoms with van der Waals surface area (Å²) in [6, 6.07) is 8.33. The van der Waals surface area contributed by atoms with Crippen LogP contribution in [-0.2, 0) is 6.54 Å². The van der Waals surface area contributed by atoms with Crippen molar-refractivity contribution in [3.63, 3.8) is 0 Å². The molecule has 0 aliphatic carbocycles. The molecule has 1 unspecified atom stereocenters. The first-order valence-electron chi connectivity index (χ1n) is 8.12. The van der Waals surface area contributed by atoms with Gasteiger partial charge in [-0.25, -0.2) is 0 Å². The van der Waals surface area contributed by atoms with Crippen LogP contribution in [0.5, 0.6) is 0 Å². The molecule has 2 heterocycles. The van der Waals surface area contributed by atoms with Crippen molar-refractivity contribution in [1.82, 2.24) is 14.5 Å². The summed E-state index contributed by atoms with van der Waals surface area (Å²) in [7, 11) is 1.71. The Labute approximate surface area is 155 Å². The largest absolute Gasteiger partial charge is 0.467 e. The number of hydrogen-bond acceptors (Lipinski definition) is 4. The van der Waals surface area contributed by atoms with Crippen LogP contribution in [0.3, 0.4) is 0 Å². The fraction of sp³-hybridized carbons (Fsp3) is 0.211. The second-order valence-corrected chi connectivity index (χ2v) is 6.39. The lowest BCUT2D eigenvalue weighted by molar-refractivity contribution is 0.0726. The van der Waals surface area contributed by atoms with Gasteiger partial charge in [0.1, 0.15) is 5.76 Å². The van der Waals surface area contributed by atoms with E-state index in [4.69, 9.17) is 16.6 Å². The van der Waals surface area contributed by atoms with Crippen molar-refractivity contribution in [1.29, 1.82) is 0 Å². The Kier molecular flexibility index (Phi) is 4.90. The number of H-pyrrole nitrogens is 1. The summed E-state index contributed by atoms with van der Waals surface area (Å²) in [5, 5.41) is 0.471. The highest BCUT2D eigenvalue weighted by Crippen LogP contribution is 2.22. The standard InChI is InChI=1S/C19H19N3O3S/c1-4-9-22-18(24)14-8-7-13(11-15(14)20-19(22)26)17(23)21(3)12(2)16-6-5-10-25-16/h4-8,10-12H,1,9H2,2-3H3,(H,20,26). The Morgan fingerprint density at radius 3 is 2.88 bits per heavy atom. The first-order chi connectivity index (χ1) is 12.4. The van der Waals surface area contributed by atoms with Crippen molar-refractivity contribution in [3.8, 4) is 0 Å². The number of aromatic nitrogens is 2. The van der Waals surface area contributed by atoms with Crippen molar-refractivity contribution >= 4 is 29.0 Å². The van der Waals surface area contributed by atoms with Gasteiger partial charge in [-0.2, -0.15) is 0 Å². The Balaban J connectivity index is 2.00. The number of carbonyl (C=O) groups is 1. The van der Waals surface area contributed by atoms with Crippen LogP contribution < -0.4 is 5.56 Å². The van der Waals surface area contributed by atoms with Crippen LogP contribution in [0.1, 0.15) is 29.1 Å². The molecule has 0 fully saturated rings. The molecule has 1 amide bonds. The van der Waals surface area contributed by atoms with Gasteiger partial charge in [-0.1, -0.05) is 6.08 Å². The summed E-state index contributed by atoms with van der Waals surface area (Å²) in [6.07, 6.45) is 3.19. The number of carbonyl (C=O) groups excluding carboxylic acids is 1. The number of hydrogen-bond donors (Lipinski definition) is 1. The Morgan fingerprint density at radius 1 is 1.46 bits per heavy atom. The van der Waals surface area contributed by atoms with Gasteiger partial charge in [0.05, 0.1) is 23.2 Å². The molecule has 26 heavy (non-hydrogen) atoms. The summed E-state index contributed by atoms with van der Waals surface area (Å²) in [6.45, 7) is 5.85. The van der Waals surface area contributed by atoms with Gasteiger partial charge in [0, 0.05) is 19.2 Å². The zero-order valence-corrected chi connectivity index (χ0v) is 15.4. The zero-order valence-electron chi connectivity index (χ0n) is 14.6. The van der Waals surface area contributed by atoms with E-state index < -0.39 is 0 Å². The predicted octanol–water partition coefficient (Wildman–Crippen LogP) is 3.67. The van der Waals surface area contributed by atoms with Crippen LogP contribution in [0, 0.1) is 4.77 Å². The van der Waals surface area contributed by atoms with E-state index in [0.717, 1.165) is 0 Å². The average molecular weight is 369 g/mol. The summed E-state index contributed by atoms with van der Waals surface area (Å²) in [4.78, 5) is 30.0. The topological polar surface area (TPSA) is 71.2 Å². The molecule has 3 rings (SSSR count). The molecular formula is C19H19N3O3S. The van der Waals surface area contributed by atoms with E-state index in [-0.39, 0.29) is 17.5 Å². The fourth-order valence-corrected chi connectivity index (χ4v) is 3.05. The monoisotopic (exact) mass is 369 g/mol. The van der Waals surface area contributed by atoms with Crippen molar-refractivity contribution in [2.24, 2.45) is 0 Å². The third-order valence-electron chi connectivity index (χ3n) is 4.40. The maximum absolute atomic E-state index is 12.8. The van der Waals surface area contributed by atoms with E-state index in [1.165, 1.54) is 4.57 Å². The fourth-order valence-electron chi connectivity index (χ4n) is 2.78. The molecule has 0 saturated carbocycles. The van der Waals surface area contributed by atoms with Crippen LogP contribution >= 0.6 is 12.2 Å². The Bertz CT molecular complexity index is 1080. The van der Waals surface area contributed by atoms with Crippen molar-refractivity contribution in [3.05, 3.63) is 75.7 Å². The van der Waals surface area contributed by atoms with Gasteiger partial charge in [0.15, 0.2) is 4.77 Å². The van der Waals surface area contributed by atoms with Crippen LogP contribution in [0.25, 0.3) is 10.9 Å². The van der Waals surface area contributed by atoms with Crippen LogP contribution in [0.4, 0.5) is 0 Å². The van der Waals surface area contributed by atoms with Crippen molar-refractivity contribution in [2.45, 2.75) is 19.5 Å². The zero-order chi connectivity index (χ0) is 18.8. The molecule has 0 bridgehead atoms. The highest BCUT2D eigenvalue weighted by Gasteiger charge is 2.21. The molecule has 0 aliphatic heterocycles. The SMILES string of the molecule is C=CCn1c(=S)[nH]c2cc(C(=O)N(C)C(C)c3ccco3)ccc2c1=O. The molecular weight excluding hydrogens is 350 g/mol. The molecule has 0 saturated heterocycles. The highest BCUT2D eigenvalue weighted by atomic mass is 32.1. The third kappa shape index (κ3) is 3.13. The number of furan rings is 1. The molecule has 1 atom stereocenters. The van der Waals surface area contributed by atoms with Crippen LogP contribution in [-0.4, -0.2) is 27.4 Å². The van der Waals surface area contributed by atoms with E-state index in [9.17, 15) is 9.59 Å². The second kappa shape index (κ2) is 7.13. The minimum absolute atomic E-state index is 0.176. The van der Waals surface area contributed by atoms with Gasteiger partial charge in [0.2, 0.25) is 0 Å². The second-order valence-electron chi connectivity index (χ2n) is 6.00. The molecule has 1 aromatic carbocycles. The minimum atomic E-state index is -0.215. The third-order valence-corrected chi connectivity index (χ3v) is 4.72. The number of fused-ring (bicyclic) bond motifs is 1. The smallest absolute Gasteiger partial charge is 0.262 e. The number of benzene rings is 1. The van der Waals surface area contributed by atoms with E-state index in [1.54, 1.807) is 48.6 Å². The Hall–Kier alpha value is -2.93. The van der Waals surface area contributed by atoms with Gasteiger partial charge < -0.3 is 14.3 Å². The number of allylic oxidation sites excluding steroid dienone is 1. The van der Waals surface area contributed by atoms with Gasteiger partial charge in [-0.15, -0.1) is 6.58 Å². The quantitative estimate of drug-likeness (QED) is 0.550. The summed E-state index contributed by atoms with van der Waals surface area (Å²) < 4.78 is 7.10. The predicted molar refractivity (Wildman–Crippen MR) is 103 cm³/mol. The maximum atomic E-state index is 12.8. The van der Waals surface area contributed by atoms with Crippen LogP contribution in [0.2, 0.25) is 0 Å². The molecule has 7 heteroatoms. The summed E-state index contributed by atoms with van der Waals surface area (Å²) >= 11 is 5.24. The summed E-state index contributed by atoms with van der Waals surface area (Å²) in [5.74, 6) is 0.527. The minimum Gasteiger partial charge on any atom is -0.467 e.